The second kappa shape index (κ2) is 7.92. The first-order valence-corrected chi connectivity index (χ1v) is 10.8. The summed E-state index contributed by atoms with van der Waals surface area (Å²) in [6.45, 7) is 1.04. The third kappa shape index (κ3) is 3.81. The molecule has 10 nitrogen and oxygen atoms in total. The number of nitrogens with zero attached hydrogens (tertiary/aromatic N) is 5. The molecule has 0 spiro atoms. The van der Waals surface area contributed by atoms with Crippen LogP contribution in [-0.2, 0) is 17.1 Å². The number of aromatic nitrogens is 4. The number of nitrogens with one attached hydrogen (secondary N) is 1. The van der Waals surface area contributed by atoms with Crippen molar-refractivity contribution in [2.24, 2.45) is 7.05 Å². The van der Waals surface area contributed by atoms with E-state index in [2.05, 4.69) is 15.3 Å². The van der Waals surface area contributed by atoms with Gasteiger partial charge in [-0.05, 0) is 18.2 Å². The van der Waals surface area contributed by atoms with Gasteiger partial charge in [0.15, 0.2) is 0 Å². The fourth-order valence-corrected chi connectivity index (χ4v) is 4.75. The van der Waals surface area contributed by atoms with Crippen LogP contribution in [0.25, 0.3) is 11.3 Å². The van der Waals surface area contributed by atoms with Gasteiger partial charge >= 0.3 is 0 Å². The Kier molecular flexibility index (Phi) is 5.31. The van der Waals surface area contributed by atoms with Crippen LogP contribution in [0.2, 0.25) is 0 Å². The highest BCUT2D eigenvalue weighted by Gasteiger charge is 2.31. The van der Waals surface area contributed by atoms with Gasteiger partial charge in [-0.15, -0.1) is 0 Å². The third-order valence-corrected chi connectivity index (χ3v) is 6.87. The van der Waals surface area contributed by atoms with Gasteiger partial charge in [-0.1, -0.05) is 12.1 Å². The molecule has 1 aromatic carbocycles. The number of aryl methyl sites for hydroxylation is 1. The summed E-state index contributed by atoms with van der Waals surface area (Å²) in [5.74, 6) is 0.490. The molecule has 30 heavy (non-hydrogen) atoms. The Labute approximate surface area is 174 Å². The largest absolute Gasteiger partial charge is 0.497 e. The smallest absolute Gasteiger partial charge is 0.271 e. The fourth-order valence-electron chi connectivity index (χ4n) is 3.34. The van der Waals surface area contributed by atoms with E-state index in [9.17, 15) is 13.2 Å². The van der Waals surface area contributed by atoms with Crippen LogP contribution in [0.3, 0.4) is 0 Å². The highest BCUT2D eigenvalue weighted by Crippen LogP contribution is 2.23. The number of ether oxygens (including phenoxy) is 1. The monoisotopic (exact) mass is 430 g/mol. The van der Waals surface area contributed by atoms with Crippen molar-refractivity contribution < 1.29 is 17.9 Å². The molecule has 0 atom stereocenters. The summed E-state index contributed by atoms with van der Waals surface area (Å²) >= 11 is 0. The molecule has 1 aliphatic rings. The standard InChI is InChI=1S/C19H22N6O4S/c1-23-13-16(12-20-23)30(27,28)25-8-6-24(7-9-25)19(26)18-11-17(21-22-18)14-4-3-5-15(10-14)29-2/h3-5,10-13H,6-9H2,1-2H3,(H,21,22). The van der Waals surface area contributed by atoms with Gasteiger partial charge in [-0.2, -0.15) is 14.5 Å². The molecule has 1 fully saturated rings. The number of aromatic amines is 1. The van der Waals surface area contributed by atoms with Crippen LogP contribution in [0.5, 0.6) is 5.75 Å². The normalized spacial score (nSPS) is 15.3. The van der Waals surface area contributed by atoms with Crippen LogP contribution in [0, 0.1) is 0 Å². The maximum Gasteiger partial charge on any atom is 0.271 e. The number of sulfonamides is 1. The number of amides is 1. The lowest BCUT2D eigenvalue weighted by Gasteiger charge is -2.33. The molecule has 158 valence electrons. The van der Waals surface area contributed by atoms with E-state index in [0.29, 0.717) is 30.2 Å². The minimum atomic E-state index is -3.61. The second-order valence-corrected chi connectivity index (χ2v) is 8.88. The minimum absolute atomic E-state index is 0.154. The van der Waals surface area contributed by atoms with E-state index in [0.717, 1.165) is 5.56 Å². The molecule has 1 saturated heterocycles. The van der Waals surface area contributed by atoms with Gasteiger partial charge in [-0.25, -0.2) is 8.42 Å². The van der Waals surface area contributed by atoms with E-state index in [-0.39, 0.29) is 23.9 Å². The van der Waals surface area contributed by atoms with Crippen LogP contribution in [-0.4, -0.2) is 76.8 Å². The molecule has 2 aromatic heterocycles. The van der Waals surface area contributed by atoms with Crippen molar-refractivity contribution in [3.8, 4) is 17.0 Å². The summed E-state index contributed by atoms with van der Waals surface area (Å²) in [5, 5.41) is 10.9. The van der Waals surface area contributed by atoms with Crippen molar-refractivity contribution in [3.05, 3.63) is 48.4 Å². The highest BCUT2D eigenvalue weighted by atomic mass is 32.2. The Bertz CT molecular complexity index is 1160. The van der Waals surface area contributed by atoms with Crippen molar-refractivity contribution in [1.82, 2.24) is 29.2 Å². The lowest BCUT2D eigenvalue weighted by atomic mass is 10.1. The number of rotatable bonds is 5. The Hall–Kier alpha value is -3.18. The third-order valence-electron chi connectivity index (χ3n) is 5.02. The number of carbonyl (C=O) groups excluding carboxylic acids is 1. The van der Waals surface area contributed by atoms with E-state index in [4.69, 9.17) is 4.74 Å². The number of hydrogen-bond donors (Lipinski definition) is 1. The van der Waals surface area contributed by atoms with E-state index in [1.54, 1.807) is 25.1 Å². The Morgan fingerprint density at radius 1 is 1.17 bits per heavy atom. The zero-order chi connectivity index (χ0) is 21.3. The molecule has 0 unspecified atom stereocenters. The molecular weight excluding hydrogens is 408 g/mol. The second-order valence-electron chi connectivity index (χ2n) is 6.94. The molecular formula is C19H22N6O4S. The van der Waals surface area contributed by atoms with Crippen LogP contribution in [0.15, 0.2) is 47.6 Å². The Morgan fingerprint density at radius 2 is 1.93 bits per heavy atom. The molecule has 3 heterocycles. The first-order valence-electron chi connectivity index (χ1n) is 9.36. The van der Waals surface area contributed by atoms with E-state index in [1.165, 1.54) is 21.4 Å². The molecule has 0 bridgehead atoms. The molecule has 0 radical (unpaired) electrons. The topological polar surface area (TPSA) is 113 Å². The predicted octanol–water partition coefficient (Wildman–Crippen LogP) is 0.965. The van der Waals surface area contributed by atoms with Gasteiger partial charge in [0, 0.05) is 45.0 Å². The molecule has 0 aliphatic carbocycles. The average molecular weight is 430 g/mol. The van der Waals surface area contributed by atoms with Crippen LogP contribution in [0.4, 0.5) is 0 Å². The number of H-pyrrole nitrogens is 1. The zero-order valence-electron chi connectivity index (χ0n) is 16.6. The number of hydrogen-bond acceptors (Lipinski definition) is 6. The van der Waals surface area contributed by atoms with Gasteiger partial charge in [0.2, 0.25) is 10.0 Å². The summed E-state index contributed by atoms with van der Waals surface area (Å²) < 4.78 is 33.5. The molecule has 11 heteroatoms. The maximum absolute atomic E-state index is 12.8. The van der Waals surface area contributed by atoms with Crippen molar-refractivity contribution in [3.63, 3.8) is 0 Å². The molecule has 1 amide bonds. The van der Waals surface area contributed by atoms with Crippen molar-refractivity contribution in [2.75, 3.05) is 33.3 Å². The van der Waals surface area contributed by atoms with Crippen molar-refractivity contribution in [1.29, 1.82) is 0 Å². The van der Waals surface area contributed by atoms with Crippen LogP contribution >= 0.6 is 0 Å². The van der Waals surface area contributed by atoms with E-state index in [1.807, 2.05) is 24.3 Å². The maximum atomic E-state index is 12.8. The summed E-state index contributed by atoms with van der Waals surface area (Å²) in [4.78, 5) is 14.6. The average Bonchev–Trinajstić information content (AvgIpc) is 3.43. The number of piperazine rings is 1. The van der Waals surface area contributed by atoms with Gasteiger partial charge in [0.25, 0.3) is 5.91 Å². The van der Waals surface area contributed by atoms with E-state index >= 15 is 0 Å². The van der Waals surface area contributed by atoms with Crippen molar-refractivity contribution >= 4 is 15.9 Å². The minimum Gasteiger partial charge on any atom is -0.497 e. The van der Waals surface area contributed by atoms with Crippen molar-refractivity contribution in [2.45, 2.75) is 4.90 Å². The van der Waals surface area contributed by atoms with Gasteiger partial charge in [0.05, 0.1) is 19.0 Å². The Balaban J connectivity index is 1.43. The highest BCUT2D eigenvalue weighted by molar-refractivity contribution is 7.89. The first kappa shape index (κ1) is 20.1. The molecule has 1 aliphatic heterocycles. The Morgan fingerprint density at radius 3 is 2.60 bits per heavy atom. The molecule has 1 N–H and O–H groups in total. The molecule has 0 saturated carbocycles. The fraction of sp³-hybridized carbons (Fsp3) is 0.316. The zero-order valence-corrected chi connectivity index (χ0v) is 17.5. The van der Waals surface area contributed by atoms with E-state index < -0.39 is 10.0 Å². The van der Waals surface area contributed by atoms with Crippen LogP contribution < -0.4 is 4.74 Å². The summed E-state index contributed by atoms with van der Waals surface area (Å²) in [6, 6.07) is 9.10. The molecule has 4 rings (SSSR count). The number of benzene rings is 1. The lowest BCUT2D eigenvalue weighted by molar-refractivity contribution is 0.0692. The molecule has 3 aromatic rings. The number of carbonyl (C=O) groups is 1. The summed E-state index contributed by atoms with van der Waals surface area (Å²) in [6.07, 6.45) is 2.80. The lowest BCUT2D eigenvalue weighted by Crippen LogP contribution is -2.50. The summed E-state index contributed by atoms with van der Waals surface area (Å²) in [7, 11) is -0.357. The predicted molar refractivity (Wildman–Crippen MR) is 108 cm³/mol. The van der Waals surface area contributed by atoms with Gasteiger partial charge in [-0.3, -0.25) is 14.6 Å². The summed E-state index contributed by atoms with van der Waals surface area (Å²) in [5.41, 5.74) is 1.82. The van der Waals surface area contributed by atoms with Gasteiger partial charge < -0.3 is 9.64 Å². The number of methoxy groups -OCH3 is 1. The first-order chi connectivity index (χ1) is 14.4. The SMILES string of the molecule is COc1cccc(-c2cc(C(=O)N3CCN(S(=O)(=O)c4cnn(C)c4)CC3)[nH]n2)c1. The van der Waals surface area contributed by atoms with Gasteiger partial charge in [0.1, 0.15) is 16.3 Å². The van der Waals surface area contributed by atoms with Crippen LogP contribution in [0.1, 0.15) is 10.5 Å². The quantitative estimate of drug-likeness (QED) is 0.645.